The molecule has 0 aliphatic heterocycles. The fourth-order valence-electron chi connectivity index (χ4n) is 3.21. The van der Waals surface area contributed by atoms with E-state index >= 15 is 0 Å². The van der Waals surface area contributed by atoms with Crippen LogP contribution < -0.4 is 4.90 Å². The first-order chi connectivity index (χ1) is 14.1. The van der Waals surface area contributed by atoms with Gasteiger partial charge >= 0.3 is 0 Å². The fourth-order valence-corrected chi connectivity index (χ4v) is 3.21. The SMILES string of the molecule is Cc1cc(C)n(-c2ccc(C(=O)N(Cc3ccccc3)c3ccccc3)nn2)n1. The summed E-state index contributed by atoms with van der Waals surface area (Å²) in [5.41, 5.74) is 4.01. The van der Waals surface area contributed by atoms with Crippen molar-refractivity contribution in [2.75, 3.05) is 4.90 Å². The van der Waals surface area contributed by atoms with Gasteiger partial charge in [-0.2, -0.15) is 5.10 Å². The number of benzene rings is 2. The number of anilines is 1. The van der Waals surface area contributed by atoms with Gasteiger partial charge in [-0.3, -0.25) is 4.79 Å². The summed E-state index contributed by atoms with van der Waals surface area (Å²) in [6.07, 6.45) is 0. The van der Waals surface area contributed by atoms with Gasteiger partial charge in [0.2, 0.25) is 0 Å². The zero-order valence-corrected chi connectivity index (χ0v) is 16.4. The van der Waals surface area contributed by atoms with E-state index in [-0.39, 0.29) is 11.6 Å². The van der Waals surface area contributed by atoms with Crippen LogP contribution in [0.1, 0.15) is 27.4 Å². The van der Waals surface area contributed by atoms with Crippen LogP contribution in [0.25, 0.3) is 5.82 Å². The summed E-state index contributed by atoms with van der Waals surface area (Å²) in [5, 5.41) is 12.8. The van der Waals surface area contributed by atoms with E-state index in [4.69, 9.17) is 0 Å². The number of aryl methyl sites for hydroxylation is 2. The standard InChI is InChI=1S/C23H21N5O/c1-17-15-18(2)28(26-17)22-14-13-21(24-25-22)23(29)27(20-11-7-4-8-12-20)16-19-9-5-3-6-10-19/h3-15H,16H2,1-2H3. The smallest absolute Gasteiger partial charge is 0.279 e. The molecule has 144 valence electrons. The third-order valence-corrected chi connectivity index (χ3v) is 4.59. The van der Waals surface area contributed by atoms with Gasteiger partial charge < -0.3 is 4.90 Å². The number of carbonyl (C=O) groups is 1. The van der Waals surface area contributed by atoms with Crippen molar-refractivity contribution >= 4 is 11.6 Å². The summed E-state index contributed by atoms with van der Waals surface area (Å²) in [6, 6.07) is 24.9. The Bertz CT molecular complexity index is 1110. The monoisotopic (exact) mass is 383 g/mol. The van der Waals surface area contributed by atoms with Crippen molar-refractivity contribution in [1.29, 1.82) is 0 Å². The number of rotatable bonds is 5. The average molecular weight is 383 g/mol. The highest BCUT2D eigenvalue weighted by Gasteiger charge is 2.20. The minimum Gasteiger partial charge on any atom is -0.303 e. The zero-order valence-electron chi connectivity index (χ0n) is 16.4. The van der Waals surface area contributed by atoms with E-state index in [1.165, 1.54) is 0 Å². The van der Waals surface area contributed by atoms with Crippen LogP contribution in [0, 0.1) is 13.8 Å². The van der Waals surface area contributed by atoms with E-state index in [1.807, 2.05) is 80.6 Å². The molecule has 0 saturated heterocycles. The molecule has 0 aliphatic carbocycles. The van der Waals surface area contributed by atoms with E-state index < -0.39 is 0 Å². The topological polar surface area (TPSA) is 63.9 Å². The normalized spacial score (nSPS) is 10.7. The molecule has 2 aromatic heterocycles. The molecule has 6 heteroatoms. The third kappa shape index (κ3) is 4.06. The molecule has 0 N–H and O–H groups in total. The molecule has 0 saturated carbocycles. The summed E-state index contributed by atoms with van der Waals surface area (Å²) in [7, 11) is 0. The van der Waals surface area contributed by atoms with Gasteiger partial charge in [-0.15, -0.1) is 10.2 Å². The predicted octanol–water partition coefficient (Wildman–Crippen LogP) is 4.13. The van der Waals surface area contributed by atoms with Crippen molar-refractivity contribution in [2.45, 2.75) is 20.4 Å². The third-order valence-electron chi connectivity index (χ3n) is 4.59. The Hall–Kier alpha value is -3.80. The van der Waals surface area contributed by atoms with Crippen molar-refractivity contribution in [2.24, 2.45) is 0 Å². The van der Waals surface area contributed by atoms with Gasteiger partial charge in [0, 0.05) is 11.4 Å². The largest absolute Gasteiger partial charge is 0.303 e. The number of para-hydroxylation sites is 1. The number of amides is 1. The Kier molecular flexibility index (Phi) is 5.16. The lowest BCUT2D eigenvalue weighted by Gasteiger charge is -2.22. The number of nitrogens with zero attached hydrogens (tertiary/aromatic N) is 5. The van der Waals surface area contributed by atoms with E-state index in [1.54, 1.807) is 21.7 Å². The van der Waals surface area contributed by atoms with Crippen LogP contribution in [-0.2, 0) is 6.54 Å². The minimum absolute atomic E-state index is 0.201. The van der Waals surface area contributed by atoms with Crippen LogP contribution in [0.3, 0.4) is 0 Å². The summed E-state index contributed by atoms with van der Waals surface area (Å²) in [5.74, 6) is 0.383. The van der Waals surface area contributed by atoms with Crippen LogP contribution in [0.2, 0.25) is 0 Å². The number of aromatic nitrogens is 4. The lowest BCUT2D eigenvalue weighted by molar-refractivity contribution is 0.0979. The predicted molar refractivity (Wildman–Crippen MR) is 112 cm³/mol. The summed E-state index contributed by atoms with van der Waals surface area (Å²) in [4.78, 5) is 15.0. The number of hydrogen-bond acceptors (Lipinski definition) is 4. The van der Waals surface area contributed by atoms with Crippen molar-refractivity contribution in [3.63, 3.8) is 0 Å². The minimum atomic E-state index is -0.201. The highest BCUT2D eigenvalue weighted by atomic mass is 16.2. The van der Waals surface area contributed by atoms with E-state index in [0.717, 1.165) is 22.6 Å². The van der Waals surface area contributed by atoms with Crippen LogP contribution in [0.15, 0.2) is 78.9 Å². The Morgan fingerprint density at radius 1 is 0.897 bits per heavy atom. The second-order valence-electron chi connectivity index (χ2n) is 6.83. The maximum Gasteiger partial charge on any atom is 0.279 e. The Balaban J connectivity index is 1.64. The lowest BCUT2D eigenvalue weighted by Crippen LogP contribution is -2.31. The average Bonchev–Trinajstić information content (AvgIpc) is 3.11. The Morgan fingerprint density at radius 3 is 2.17 bits per heavy atom. The summed E-state index contributed by atoms with van der Waals surface area (Å²) >= 11 is 0. The van der Waals surface area contributed by atoms with Gasteiger partial charge in [-0.25, -0.2) is 4.68 Å². The highest BCUT2D eigenvalue weighted by molar-refractivity contribution is 6.04. The molecule has 0 aliphatic rings. The molecule has 2 aromatic carbocycles. The molecule has 2 heterocycles. The highest BCUT2D eigenvalue weighted by Crippen LogP contribution is 2.19. The molecule has 0 spiro atoms. The van der Waals surface area contributed by atoms with Crippen LogP contribution in [-0.4, -0.2) is 25.9 Å². The molecule has 4 rings (SSSR count). The van der Waals surface area contributed by atoms with Gasteiger partial charge in [0.15, 0.2) is 11.5 Å². The van der Waals surface area contributed by atoms with Crippen LogP contribution in [0.4, 0.5) is 5.69 Å². The van der Waals surface area contributed by atoms with Gasteiger partial charge in [0.25, 0.3) is 5.91 Å². The van der Waals surface area contributed by atoms with E-state index in [2.05, 4.69) is 15.3 Å². The quantitative estimate of drug-likeness (QED) is 0.520. The molecule has 4 aromatic rings. The molecule has 1 amide bonds. The van der Waals surface area contributed by atoms with Crippen molar-refractivity contribution in [3.8, 4) is 5.82 Å². The lowest BCUT2D eigenvalue weighted by atomic mass is 10.2. The molecule has 29 heavy (non-hydrogen) atoms. The Morgan fingerprint density at radius 2 is 1.59 bits per heavy atom. The first-order valence-corrected chi connectivity index (χ1v) is 9.40. The maximum atomic E-state index is 13.3. The van der Waals surface area contributed by atoms with Crippen LogP contribution in [0.5, 0.6) is 0 Å². The zero-order chi connectivity index (χ0) is 20.2. The summed E-state index contributed by atoms with van der Waals surface area (Å²) < 4.78 is 1.72. The molecule has 0 unspecified atom stereocenters. The van der Waals surface area contributed by atoms with Crippen molar-refractivity contribution in [3.05, 3.63) is 102 Å². The van der Waals surface area contributed by atoms with Gasteiger partial charge in [-0.05, 0) is 49.7 Å². The number of carbonyl (C=O) groups excluding carboxylic acids is 1. The fraction of sp³-hybridized carbons (Fsp3) is 0.130. The molecule has 0 radical (unpaired) electrons. The second-order valence-corrected chi connectivity index (χ2v) is 6.83. The van der Waals surface area contributed by atoms with Crippen LogP contribution >= 0.6 is 0 Å². The molecule has 0 fully saturated rings. The first-order valence-electron chi connectivity index (χ1n) is 9.40. The second kappa shape index (κ2) is 8.06. The van der Waals surface area contributed by atoms with Crippen molar-refractivity contribution < 1.29 is 4.79 Å². The Labute approximate surface area is 169 Å². The van der Waals surface area contributed by atoms with Gasteiger partial charge in [0.05, 0.1) is 12.2 Å². The van der Waals surface area contributed by atoms with E-state index in [9.17, 15) is 4.79 Å². The van der Waals surface area contributed by atoms with Gasteiger partial charge in [0.1, 0.15) is 0 Å². The molecular weight excluding hydrogens is 362 g/mol. The maximum absolute atomic E-state index is 13.3. The first kappa shape index (κ1) is 18.6. The molecular formula is C23H21N5O. The summed E-state index contributed by atoms with van der Waals surface area (Å²) in [6.45, 7) is 4.33. The van der Waals surface area contributed by atoms with Gasteiger partial charge in [-0.1, -0.05) is 48.5 Å². The van der Waals surface area contributed by atoms with Crippen molar-refractivity contribution in [1.82, 2.24) is 20.0 Å². The number of hydrogen-bond donors (Lipinski definition) is 0. The van der Waals surface area contributed by atoms with E-state index in [0.29, 0.717) is 12.4 Å². The molecule has 0 atom stereocenters. The molecule has 6 nitrogen and oxygen atoms in total. The molecule has 0 bridgehead atoms.